The van der Waals surface area contributed by atoms with Crippen molar-refractivity contribution in [3.05, 3.63) is 41.0 Å². The van der Waals surface area contributed by atoms with E-state index in [1.165, 1.54) is 5.57 Å². The number of allylic oxidation sites excluding steroid dienone is 2. The van der Waals surface area contributed by atoms with Gasteiger partial charge in [-0.25, -0.2) is 0 Å². The van der Waals surface area contributed by atoms with Gasteiger partial charge in [0.15, 0.2) is 0 Å². The highest BCUT2D eigenvalue weighted by Gasteiger charge is 2.09. The largest absolute Gasteiger partial charge is 0.496 e. The van der Waals surface area contributed by atoms with Gasteiger partial charge in [-0.05, 0) is 49.1 Å². The molecule has 0 radical (unpaired) electrons. The van der Waals surface area contributed by atoms with Crippen molar-refractivity contribution in [2.24, 2.45) is 10.9 Å². The Morgan fingerprint density at radius 3 is 2.55 bits per heavy atom. The molecule has 1 rings (SSSR count). The lowest BCUT2D eigenvalue weighted by Gasteiger charge is -2.12. The van der Waals surface area contributed by atoms with Gasteiger partial charge < -0.3 is 9.84 Å². The number of carboxylic acids is 1. The van der Waals surface area contributed by atoms with Gasteiger partial charge in [0, 0.05) is 5.56 Å². The number of hydrogen-bond donors (Lipinski definition) is 1. The Hall–Kier alpha value is -2.10. The number of ether oxygens (including phenoxy) is 1. The normalized spacial score (nSPS) is 12.6. The molecular formula is C18H25NO3. The number of aliphatic carboxylic acids is 1. The molecule has 0 amide bonds. The number of hydrogen-bond acceptors (Lipinski definition) is 3. The Bertz CT molecular complexity index is 586. The van der Waals surface area contributed by atoms with E-state index in [1.54, 1.807) is 7.11 Å². The second kappa shape index (κ2) is 8.37. The van der Waals surface area contributed by atoms with Gasteiger partial charge in [0.1, 0.15) is 12.3 Å². The summed E-state index contributed by atoms with van der Waals surface area (Å²) in [5.74, 6) is 0.281. The highest BCUT2D eigenvalue weighted by Crippen LogP contribution is 2.21. The molecule has 1 N–H and O–H groups in total. The smallest absolute Gasteiger partial charge is 0.325 e. The minimum absolute atomic E-state index is 0.230. The van der Waals surface area contributed by atoms with Crippen molar-refractivity contribution in [3.63, 3.8) is 0 Å². The predicted octanol–water partition coefficient (Wildman–Crippen LogP) is 3.87. The lowest BCUT2D eigenvalue weighted by molar-refractivity contribution is -0.135. The van der Waals surface area contributed by atoms with Crippen LogP contribution in [0.2, 0.25) is 0 Å². The van der Waals surface area contributed by atoms with Gasteiger partial charge in [-0.3, -0.25) is 9.79 Å². The van der Waals surface area contributed by atoms with Crippen LogP contribution in [0.1, 0.15) is 38.3 Å². The fourth-order valence-electron chi connectivity index (χ4n) is 2.26. The lowest BCUT2D eigenvalue weighted by Crippen LogP contribution is -2.07. The van der Waals surface area contributed by atoms with E-state index in [4.69, 9.17) is 9.84 Å². The molecular weight excluding hydrogens is 278 g/mol. The number of carbonyl (C=O) groups is 1. The monoisotopic (exact) mass is 303 g/mol. The summed E-state index contributed by atoms with van der Waals surface area (Å²) >= 11 is 0. The van der Waals surface area contributed by atoms with Gasteiger partial charge in [-0.15, -0.1) is 0 Å². The summed E-state index contributed by atoms with van der Waals surface area (Å²) in [6.07, 6.45) is 2.92. The van der Waals surface area contributed by atoms with Crippen LogP contribution in [0.4, 0.5) is 0 Å². The molecule has 0 aliphatic heterocycles. The van der Waals surface area contributed by atoms with Crippen molar-refractivity contribution >= 4 is 11.7 Å². The summed E-state index contributed by atoms with van der Waals surface area (Å²) in [5, 5.41) is 8.90. The Kier molecular flexibility index (Phi) is 6.83. The van der Waals surface area contributed by atoms with Crippen LogP contribution in [-0.2, 0) is 4.79 Å². The predicted molar refractivity (Wildman–Crippen MR) is 90.0 cm³/mol. The van der Waals surface area contributed by atoms with E-state index in [0.717, 1.165) is 23.3 Å². The van der Waals surface area contributed by atoms with Gasteiger partial charge in [-0.2, -0.15) is 0 Å². The molecule has 1 aromatic carbocycles. The zero-order chi connectivity index (χ0) is 16.7. The molecule has 4 heteroatoms. The zero-order valence-corrected chi connectivity index (χ0v) is 14.0. The average Bonchev–Trinajstić information content (AvgIpc) is 2.46. The minimum Gasteiger partial charge on any atom is -0.496 e. The molecule has 120 valence electrons. The molecule has 0 saturated heterocycles. The Balaban J connectivity index is 3.29. The summed E-state index contributed by atoms with van der Waals surface area (Å²) in [4.78, 5) is 15.1. The van der Waals surface area contributed by atoms with Crippen molar-refractivity contribution in [3.8, 4) is 5.75 Å². The third kappa shape index (κ3) is 5.02. The number of benzene rings is 1. The van der Waals surface area contributed by atoms with Gasteiger partial charge in [0.2, 0.25) is 0 Å². The van der Waals surface area contributed by atoms with E-state index in [0.29, 0.717) is 11.6 Å². The van der Waals surface area contributed by atoms with E-state index in [2.05, 4.69) is 25.8 Å². The van der Waals surface area contributed by atoms with Crippen LogP contribution in [0.3, 0.4) is 0 Å². The first-order valence-corrected chi connectivity index (χ1v) is 7.50. The maximum Gasteiger partial charge on any atom is 0.325 e. The maximum atomic E-state index is 10.8. The lowest BCUT2D eigenvalue weighted by atomic mass is 9.96. The van der Waals surface area contributed by atoms with Crippen LogP contribution in [0.15, 0.2) is 34.8 Å². The fourth-order valence-corrected chi connectivity index (χ4v) is 2.26. The molecule has 4 nitrogen and oxygen atoms in total. The molecule has 0 aliphatic carbocycles. The third-order valence-corrected chi connectivity index (χ3v) is 3.55. The summed E-state index contributed by atoms with van der Waals surface area (Å²) in [7, 11) is 1.63. The molecule has 22 heavy (non-hydrogen) atoms. The second-order valence-corrected chi connectivity index (χ2v) is 5.51. The molecule has 0 aromatic heterocycles. The molecule has 1 aromatic rings. The van der Waals surface area contributed by atoms with Crippen LogP contribution in [0.5, 0.6) is 5.75 Å². The van der Waals surface area contributed by atoms with Crippen LogP contribution >= 0.6 is 0 Å². The van der Waals surface area contributed by atoms with E-state index in [9.17, 15) is 4.79 Å². The summed E-state index contributed by atoms with van der Waals surface area (Å²) < 4.78 is 5.27. The Labute approximate surface area is 132 Å². The van der Waals surface area contributed by atoms with E-state index in [-0.39, 0.29) is 6.54 Å². The van der Waals surface area contributed by atoms with Crippen molar-refractivity contribution in [1.29, 1.82) is 0 Å². The minimum atomic E-state index is -0.932. The molecule has 0 unspecified atom stereocenters. The Morgan fingerprint density at radius 2 is 2.09 bits per heavy atom. The Morgan fingerprint density at radius 1 is 1.41 bits per heavy atom. The van der Waals surface area contributed by atoms with E-state index in [1.807, 2.05) is 31.2 Å². The van der Waals surface area contributed by atoms with Crippen molar-refractivity contribution < 1.29 is 14.6 Å². The van der Waals surface area contributed by atoms with Crippen LogP contribution < -0.4 is 4.74 Å². The first kappa shape index (κ1) is 18.0. The number of aryl methyl sites for hydroxylation is 1. The molecule has 0 atom stereocenters. The van der Waals surface area contributed by atoms with E-state index < -0.39 is 5.97 Å². The summed E-state index contributed by atoms with van der Waals surface area (Å²) in [6.45, 7) is 8.09. The summed E-state index contributed by atoms with van der Waals surface area (Å²) in [5.41, 5.74) is 3.86. The van der Waals surface area contributed by atoms with Gasteiger partial charge in [0.05, 0.1) is 12.8 Å². The molecule has 0 bridgehead atoms. The van der Waals surface area contributed by atoms with E-state index >= 15 is 0 Å². The molecule has 0 aliphatic rings. The van der Waals surface area contributed by atoms with Crippen molar-refractivity contribution in [2.75, 3.05) is 13.7 Å². The molecule has 0 spiro atoms. The number of methoxy groups -OCH3 is 1. The summed E-state index contributed by atoms with van der Waals surface area (Å²) in [6, 6.07) is 5.77. The second-order valence-electron chi connectivity index (χ2n) is 5.51. The average molecular weight is 303 g/mol. The molecule has 0 saturated carbocycles. The fraction of sp³-hybridized carbons (Fsp3) is 0.444. The SMILES string of the molecule is CCC(=CC(=NCC(=O)O)c1ccc(OC)c(C)c1)C(C)C. The number of nitrogens with zero attached hydrogens (tertiary/aromatic N) is 1. The van der Waals surface area contributed by atoms with Gasteiger partial charge >= 0.3 is 5.97 Å². The highest BCUT2D eigenvalue weighted by molar-refractivity contribution is 6.09. The van der Waals surface area contributed by atoms with Crippen LogP contribution in [0, 0.1) is 12.8 Å². The van der Waals surface area contributed by atoms with Gasteiger partial charge in [0.25, 0.3) is 0 Å². The standard InChI is InChI=1S/C18H25NO3/c1-6-14(12(2)3)10-16(19-11-18(20)21)15-7-8-17(22-5)13(4)9-15/h7-10,12H,6,11H2,1-5H3,(H,20,21). The molecule has 0 heterocycles. The molecule has 0 fully saturated rings. The first-order chi connectivity index (χ1) is 10.4. The number of aliphatic imine (C=N–C) groups is 1. The zero-order valence-electron chi connectivity index (χ0n) is 14.0. The number of rotatable bonds is 7. The number of carboxylic acid groups (broad SMARTS) is 1. The first-order valence-electron chi connectivity index (χ1n) is 7.50. The van der Waals surface area contributed by atoms with Crippen molar-refractivity contribution in [1.82, 2.24) is 0 Å². The van der Waals surface area contributed by atoms with Crippen LogP contribution in [-0.4, -0.2) is 30.4 Å². The third-order valence-electron chi connectivity index (χ3n) is 3.55. The van der Waals surface area contributed by atoms with Crippen LogP contribution in [0.25, 0.3) is 0 Å². The van der Waals surface area contributed by atoms with Gasteiger partial charge in [-0.1, -0.05) is 26.3 Å². The highest BCUT2D eigenvalue weighted by atomic mass is 16.5. The topological polar surface area (TPSA) is 58.9 Å². The maximum absolute atomic E-state index is 10.8. The quantitative estimate of drug-likeness (QED) is 0.778. The van der Waals surface area contributed by atoms with Crippen molar-refractivity contribution in [2.45, 2.75) is 34.1 Å².